The molecule has 2 aromatic heterocycles. The number of carboxylic acid groups (broad SMARTS) is 1. The van der Waals surface area contributed by atoms with Crippen LogP contribution in [0.25, 0.3) is 5.52 Å². The molecule has 0 amide bonds. The standard InChI is InChI=1S/C18H19ClFN3O3.ClH/c1-9-7-22(5-4-21-9)16-13(20)8-23-15(14(16)19)11(10-2-3-10)6-12(17(23)24)18(25)26;/h6,8-10,21H,2-5,7H2,1H3,(H,25,26);1H. The summed E-state index contributed by atoms with van der Waals surface area (Å²) < 4.78 is 16.0. The van der Waals surface area contributed by atoms with Gasteiger partial charge >= 0.3 is 5.97 Å². The summed E-state index contributed by atoms with van der Waals surface area (Å²) in [7, 11) is 0. The number of anilines is 1. The largest absolute Gasteiger partial charge is 0.477 e. The zero-order valence-corrected chi connectivity index (χ0v) is 16.2. The van der Waals surface area contributed by atoms with E-state index in [1.54, 1.807) is 0 Å². The van der Waals surface area contributed by atoms with Gasteiger partial charge in [-0.2, -0.15) is 0 Å². The summed E-state index contributed by atoms with van der Waals surface area (Å²) in [4.78, 5) is 25.8. The van der Waals surface area contributed by atoms with Gasteiger partial charge in [0.2, 0.25) is 0 Å². The number of aromatic nitrogens is 1. The topological polar surface area (TPSA) is 74.0 Å². The average molecular weight is 416 g/mol. The lowest BCUT2D eigenvalue weighted by Crippen LogP contribution is -2.49. The van der Waals surface area contributed by atoms with Crippen LogP contribution in [0.2, 0.25) is 5.02 Å². The van der Waals surface area contributed by atoms with E-state index in [2.05, 4.69) is 5.32 Å². The molecular formula is C18H20Cl2FN3O3. The quantitative estimate of drug-likeness (QED) is 0.805. The van der Waals surface area contributed by atoms with Crippen molar-refractivity contribution in [3.8, 4) is 0 Å². The molecule has 9 heteroatoms. The third-order valence-corrected chi connectivity index (χ3v) is 5.44. The zero-order chi connectivity index (χ0) is 18.6. The van der Waals surface area contributed by atoms with Gasteiger partial charge in [0.1, 0.15) is 5.56 Å². The van der Waals surface area contributed by atoms with Gasteiger partial charge in [0.05, 0.1) is 22.4 Å². The van der Waals surface area contributed by atoms with Crippen molar-refractivity contribution in [2.75, 3.05) is 24.5 Å². The van der Waals surface area contributed by atoms with Crippen molar-refractivity contribution in [3.63, 3.8) is 0 Å². The molecule has 0 radical (unpaired) electrons. The highest BCUT2D eigenvalue weighted by atomic mass is 35.5. The van der Waals surface area contributed by atoms with Crippen LogP contribution in [0.1, 0.15) is 41.6 Å². The number of hydrogen-bond acceptors (Lipinski definition) is 4. The van der Waals surface area contributed by atoms with Crippen molar-refractivity contribution in [2.24, 2.45) is 0 Å². The minimum absolute atomic E-state index is 0. The number of carboxylic acids is 1. The minimum atomic E-state index is -1.32. The molecule has 2 aliphatic rings. The third-order valence-electron chi connectivity index (χ3n) is 5.08. The van der Waals surface area contributed by atoms with Crippen LogP contribution < -0.4 is 15.8 Å². The molecule has 0 spiro atoms. The molecule has 2 aromatic rings. The molecule has 2 fully saturated rings. The predicted molar refractivity (Wildman–Crippen MR) is 104 cm³/mol. The second kappa shape index (κ2) is 7.30. The summed E-state index contributed by atoms with van der Waals surface area (Å²) in [5, 5.41) is 12.8. The Hall–Kier alpha value is -1.83. The molecule has 1 saturated heterocycles. The molecule has 4 rings (SSSR count). The maximum atomic E-state index is 14.9. The van der Waals surface area contributed by atoms with Crippen LogP contribution >= 0.6 is 24.0 Å². The summed E-state index contributed by atoms with van der Waals surface area (Å²) in [5.74, 6) is -1.78. The molecule has 27 heavy (non-hydrogen) atoms. The average Bonchev–Trinajstić information content (AvgIpc) is 3.40. The molecule has 0 aromatic carbocycles. The summed E-state index contributed by atoms with van der Waals surface area (Å²) in [6.45, 7) is 3.93. The Balaban J connectivity index is 0.00000210. The fraction of sp³-hybridized carbons (Fsp3) is 0.444. The maximum Gasteiger partial charge on any atom is 0.341 e. The Morgan fingerprint density at radius 2 is 2.11 bits per heavy atom. The van der Waals surface area contributed by atoms with Crippen molar-refractivity contribution < 1.29 is 14.3 Å². The number of nitrogens with one attached hydrogen (secondary N) is 1. The molecule has 146 valence electrons. The number of carbonyl (C=O) groups is 1. The van der Waals surface area contributed by atoms with Crippen LogP contribution in [0.4, 0.5) is 10.1 Å². The van der Waals surface area contributed by atoms with E-state index < -0.39 is 17.3 Å². The van der Waals surface area contributed by atoms with Gasteiger partial charge in [-0.15, -0.1) is 12.4 Å². The summed E-state index contributed by atoms with van der Waals surface area (Å²) in [6.07, 6.45) is 2.88. The molecule has 2 N–H and O–H groups in total. The molecular weight excluding hydrogens is 396 g/mol. The Bertz CT molecular complexity index is 975. The Labute approximate surface area is 166 Å². The summed E-state index contributed by atoms with van der Waals surface area (Å²) >= 11 is 6.60. The van der Waals surface area contributed by atoms with Gasteiger partial charge in [0, 0.05) is 25.7 Å². The third kappa shape index (κ3) is 3.39. The van der Waals surface area contributed by atoms with Crippen LogP contribution in [0.15, 0.2) is 17.1 Å². The number of hydrogen-bond donors (Lipinski definition) is 2. The van der Waals surface area contributed by atoms with E-state index in [1.165, 1.54) is 6.07 Å². The molecule has 6 nitrogen and oxygen atoms in total. The first kappa shape index (κ1) is 19.9. The Morgan fingerprint density at radius 3 is 2.70 bits per heavy atom. The summed E-state index contributed by atoms with van der Waals surface area (Å²) in [5.41, 5.74) is 0.286. The molecule has 1 aliphatic heterocycles. The van der Waals surface area contributed by atoms with Crippen molar-refractivity contribution in [2.45, 2.75) is 31.7 Å². The Morgan fingerprint density at radius 1 is 1.41 bits per heavy atom. The van der Waals surface area contributed by atoms with Crippen molar-refractivity contribution in [1.29, 1.82) is 0 Å². The summed E-state index contributed by atoms with van der Waals surface area (Å²) in [6, 6.07) is 1.60. The number of fused-ring (bicyclic) bond motifs is 1. The maximum absolute atomic E-state index is 14.9. The van der Waals surface area contributed by atoms with Gasteiger partial charge in [-0.05, 0) is 37.3 Å². The number of piperazine rings is 1. The van der Waals surface area contributed by atoms with E-state index in [4.69, 9.17) is 11.6 Å². The highest BCUT2D eigenvalue weighted by Crippen LogP contribution is 2.45. The SMILES string of the molecule is CC1CN(c2c(F)cn3c(=O)c(C(=O)O)cc(C4CC4)c3c2Cl)CCN1.Cl. The van der Waals surface area contributed by atoms with Crippen molar-refractivity contribution in [1.82, 2.24) is 9.72 Å². The van der Waals surface area contributed by atoms with E-state index in [1.807, 2.05) is 11.8 Å². The van der Waals surface area contributed by atoms with Gasteiger partial charge in [0.15, 0.2) is 5.82 Å². The van der Waals surface area contributed by atoms with Crippen molar-refractivity contribution in [3.05, 3.63) is 44.6 Å². The van der Waals surface area contributed by atoms with Gasteiger partial charge in [-0.3, -0.25) is 9.20 Å². The monoisotopic (exact) mass is 415 g/mol. The second-order valence-corrected chi connectivity index (χ2v) is 7.44. The predicted octanol–water partition coefficient (Wildman–Crippen LogP) is 2.89. The van der Waals surface area contributed by atoms with E-state index in [0.717, 1.165) is 23.4 Å². The van der Waals surface area contributed by atoms with E-state index in [-0.39, 0.29) is 40.6 Å². The first-order valence-electron chi connectivity index (χ1n) is 8.67. The van der Waals surface area contributed by atoms with Crippen LogP contribution in [0.3, 0.4) is 0 Å². The van der Waals surface area contributed by atoms with Gasteiger partial charge < -0.3 is 15.3 Å². The lowest BCUT2D eigenvalue weighted by molar-refractivity contribution is 0.0694. The van der Waals surface area contributed by atoms with Crippen LogP contribution in [0, 0.1) is 5.82 Å². The highest BCUT2D eigenvalue weighted by molar-refractivity contribution is 6.36. The number of halogens is 3. The van der Waals surface area contributed by atoms with Crippen LogP contribution in [-0.2, 0) is 0 Å². The molecule has 1 saturated carbocycles. The molecule has 0 bridgehead atoms. The van der Waals surface area contributed by atoms with Gasteiger partial charge in [0.25, 0.3) is 5.56 Å². The molecule has 3 heterocycles. The highest BCUT2D eigenvalue weighted by Gasteiger charge is 2.31. The number of pyridine rings is 2. The Kier molecular flexibility index (Phi) is 5.38. The lowest BCUT2D eigenvalue weighted by Gasteiger charge is -2.34. The molecule has 1 unspecified atom stereocenters. The van der Waals surface area contributed by atoms with Crippen LogP contribution in [-0.4, -0.2) is 41.2 Å². The van der Waals surface area contributed by atoms with E-state index >= 15 is 0 Å². The fourth-order valence-electron chi connectivity index (χ4n) is 3.69. The van der Waals surface area contributed by atoms with E-state index in [9.17, 15) is 19.1 Å². The first-order valence-corrected chi connectivity index (χ1v) is 9.05. The van der Waals surface area contributed by atoms with Crippen molar-refractivity contribution >= 4 is 41.2 Å². The second-order valence-electron chi connectivity index (χ2n) is 7.06. The smallest absolute Gasteiger partial charge is 0.341 e. The number of nitrogens with zero attached hydrogens (tertiary/aromatic N) is 2. The fourth-order valence-corrected chi connectivity index (χ4v) is 4.10. The molecule has 1 atom stereocenters. The van der Waals surface area contributed by atoms with Gasteiger partial charge in [-0.1, -0.05) is 11.6 Å². The number of aromatic carboxylic acids is 1. The van der Waals surface area contributed by atoms with Gasteiger partial charge in [-0.25, -0.2) is 9.18 Å². The minimum Gasteiger partial charge on any atom is -0.477 e. The number of rotatable bonds is 3. The zero-order valence-electron chi connectivity index (χ0n) is 14.7. The van der Waals surface area contributed by atoms with E-state index in [0.29, 0.717) is 30.7 Å². The van der Waals surface area contributed by atoms with Crippen LogP contribution in [0.5, 0.6) is 0 Å². The molecule has 1 aliphatic carbocycles. The normalized spacial score (nSPS) is 19.8. The first-order chi connectivity index (χ1) is 12.4. The lowest BCUT2D eigenvalue weighted by atomic mass is 10.1.